The van der Waals surface area contributed by atoms with E-state index < -0.39 is 11.5 Å². The minimum Gasteiger partial charge on any atom is -0.480 e. The van der Waals surface area contributed by atoms with Crippen molar-refractivity contribution in [2.75, 3.05) is 19.5 Å². The summed E-state index contributed by atoms with van der Waals surface area (Å²) in [6, 6.07) is 0.164. The monoisotopic (exact) mass is 277 g/mol. The minimum atomic E-state index is -0.845. The molecule has 5 heteroatoms. The Labute approximate surface area is 115 Å². The van der Waals surface area contributed by atoms with Gasteiger partial charge in [-0.05, 0) is 39.4 Å². The van der Waals surface area contributed by atoms with Crippen LogP contribution in [0.5, 0.6) is 0 Å². The number of methoxy groups -OCH3 is 1. The normalized spacial score (nSPS) is 16.6. The van der Waals surface area contributed by atoms with Gasteiger partial charge in [-0.2, -0.15) is 11.8 Å². The summed E-state index contributed by atoms with van der Waals surface area (Å²) in [4.78, 5) is 11.4. The Morgan fingerprint density at radius 1 is 1.44 bits per heavy atom. The largest absolute Gasteiger partial charge is 0.480 e. The van der Waals surface area contributed by atoms with Crippen LogP contribution in [-0.4, -0.2) is 47.4 Å². The van der Waals surface area contributed by atoms with Gasteiger partial charge in [0.1, 0.15) is 5.54 Å². The lowest BCUT2D eigenvalue weighted by Gasteiger charge is -2.31. The number of nitrogens with one attached hydrogen (secondary N) is 1. The number of carboxylic acids is 1. The van der Waals surface area contributed by atoms with E-state index in [1.807, 2.05) is 13.8 Å². The average molecular weight is 277 g/mol. The molecule has 0 fully saturated rings. The quantitative estimate of drug-likeness (QED) is 0.600. The number of carboxylic acid groups (broad SMARTS) is 1. The van der Waals surface area contributed by atoms with E-state index in [2.05, 4.69) is 12.2 Å². The van der Waals surface area contributed by atoms with Crippen LogP contribution in [-0.2, 0) is 9.53 Å². The second-order valence-corrected chi connectivity index (χ2v) is 6.71. The molecule has 0 aliphatic rings. The van der Waals surface area contributed by atoms with Crippen LogP contribution in [0.25, 0.3) is 0 Å². The molecule has 0 heterocycles. The van der Waals surface area contributed by atoms with Gasteiger partial charge in [0.05, 0.1) is 0 Å². The number of thioether (sulfide) groups is 1. The van der Waals surface area contributed by atoms with Gasteiger partial charge in [-0.1, -0.05) is 6.92 Å². The first-order valence-corrected chi connectivity index (χ1v) is 7.48. The van der Waals surface area contributed by atoms with Crippen molar-refractivity contribution in [3.8, 4) is 0 Å². The number of carbonyl (C=O) groups is 1. The van der Waals surface area contributed by atoms with Crippen molar-refractivity contribution in [1.29, 1.82) is 0 Å². The van der Waals surface area contributed by atoms with Crippen molar-refractivity contribution in [2.45, 2.75) is 57.4 Å². The molecule has 0 amide bonds. The minimum absolute atomic E-state index is 0.164. The molecule has 2 N–H and O–H groups in total. The van der Waals surface area contributed by atoms with Crippen LogP contribution in [0, 0.1) is 0 Å². The van der Waals surface area contributed by atoms with Gasteiger partial charge in [0, 0.05) is 25.0 Å². The molecule has 4 nitrogen and oxygen atoms in total. The third-order valence-electron chi connectivity index (χ3n) is 2.67. The molecule has 0 aliphatic heterocycles. The van der Waals surface area contributed by atoms with E-state index in [4.69, 9.17) is 4.74 Å². The summed E-state index contributed by atoms with van der Waals surface area (Å²) >= 11 is 1.80. The van der Waals surface area contributed by atoms with Crippen molar-refractivity contribution in [3.05, 3.63) is 0 Å². The summed E-state index contributed by atoms with van der Waals surface area (Å²) in [7, 11) is 1.70. The fourth-order valence-electron chi connectivity index (χ4n) is 1.97. The molecule has 0 saturated heterocycles. The first-order chi connectivity index (χ1) is 8.31. The SMILES string of the molecule is COCCCSC(C)CC(C)(NC(C)C)C(=O)O. The topological polar surface area (TPSA) is 58.6 Å². The van der Waals surface area contributed by atoms with Crippen LogP contribution in [0.1, 0.15) is 40.5 Å². The van der Waals surface area contributed by atoms with E-state index in [0.717, 1.165) is 18.8 Å². The maximum absolute atomic E-state index is 11.4. The van der Waals surface area contributed by atoms with Gasteiger partial charge in [-0.3, -0.25) is 10.1 Å². The maximum atomic E-state index is 11.4. The molecule has 0 aromatic carbocycles. The molecule has 2 unspecified atom stereocenters. The Hall–Kier alpha value is -0.260. The van der Waals surface area contributed by atoms with Gasteiger partial charge >= 0.3 is 5.97 Å². The molecule has 0 aromatic rings. The Bertz CT molecular complexity index is 248. The molecule has 108 valence electrons. The zero-order valence-electron chi connectivity index (χ0n) is 12.2. The Morgan fingerprint density at radius 3 is 2.50 bits per heavy atom. The molecule has 0 rings (SSSR count). The Kier molecular flexibility index (Phi) is 8.65. The summed E-state index contributed by atoms with van der Waals surface area (Å²) in [5.74, 6) is 0.229. The second-order valence-electron chi connectivity index (χ2n) is 5.17. The zero-order valence-corrected chi connectivity index (χ0v) is 13.0. The summed E-state index contributed by atoms with van der Waals surface area (Å²) in [6.07, 6.45) is 1.63. The first-order valence-electron chi connectivity index (χ1n) is 6.43. The average Bonchev–Trinajstić information content (AvgIpc) is 2.23. The van der Waals surface area contributed by atoms with Crippen molar-refractivity contribution in [3.63, 3.8) is 0 Å². The van der Waals surface area contributed by atoms with Crippen molar-refractivity contribution in [1.82, 2.24) is 5.32 Å². The van der Waals surface area contributed by atoms with Crippen LogP contribution in [0.15, 0.2) is 0 Å². The van der Waals surface area contributed by atoms with Crippen molar-refractivity contribution in [2.24, 2.45) is 0 Å². The molecule has 0 aliphatic carbocycles. The van der Waals surface area contributed by atoms with Crippen LogP contribution in [0.2, 0.25) is 0 Å². The maximum Gasteiger partial charge on any atom is 0.323 e. The fourth-order valence-corrected chi connectivity index (χ4v) is 3.10. The summed E-state index contributed by atoms with van der Waals surface area (Å²) in [5, 5.41) is 12.8. The number of aliphatic carboxylic acids is 1. The number of rotatable bonds is 10. The third-order valence-corrected chi connectivity index (χ3v) is 3.93. The predicted molar refractivity (Wildman–Crippen MR) is 77.3 cm³/mol. The van der Waals surface area contributed by atoms with Crippen LogP contribution < -0.4 is 5.32 Å². The lowest BCUT2D eigenvalue weighted by atomic mass is 9.95. The smallest absolute Gasteiger partial charge is 0.323 e. The van der Waals surface area contributed by atoms with Gasteiger partial charge in [0.15, 0.2) is 0 Å². The summed E-state index contributed by atoms with van der Waals surface area (Å²) < 4.78 is 5.00. The second kappa shape index (κ2) is 8.77. The van der Waals surface area contributed by atoms with Crippen LogP contribution >= 0.6 is 11.8 Å². The summed E-state index contributed by atoms with van der Waals surface area (Å²) in [6.45, 7) is 8.55. The van der Waals surface area contributed by atoms with E-state index in [1.165, 1.54) is 0 Å². The molecular weight excluding hydrogens is 250 g/mol. The van der Waals surface area contributed by atoms with E-state index >= 15 is 0 Å². The highest BCUT2D eigenvalue weighted by Gasteiger charge is 2.34. The van der Waals surface area contributed by atoms with Gasteiger partial charge in [0.25, 0.3) is 0 Å². The van der Waals surface area contributed by atoms with Gasteiger partial charge in [-0.15, -0.1) is 0 Å². The number of ether oxygens (including phenoxy) is 1. The number of hydrogen-bond donors (Lipinski definition) is 2. The molecule has 0 bridgehead atoms. The molecule has 0 aromatic heterocycles. The molecule has 0 radical (unpaired) electrons. The Balaban J connectivity index is 4.19. The zero-order chi connectivity index (χ0) is 14.2. The van der Waals surface area contributed by atoms with Crippen molar-refractivity contribution < 1.29 is 14.6 Å². The van der Waals surface area contributed by atoms with Crippen molar-refractivity contribution >= 4 is 17.7 Å². The molecule has 2 atom stereocenters. The highest BCUT2D eigenvalue weighted by atomic mass is 32.2. The standard InChI is InChI=1S/C13H27NO3S/c1-10(2)14-13(4,12(15)16)9-11(3)18-8-6-7-17-5/h10-11,14H,6-9H2,1-5H3,(H,15,16). The van der Waals surface area contributed by atoms with Gasteiger partial charge in [-0.25, -0.2) is 0 Å². The van der Waals surface area contributed by atoms with Crippen LogP contribution in [0.3, 0.4) is 0 Å². The first kappa shape index (κ1) is 17.7. The molecular formula is C13H27NO3S. The van der Waals surface area contributed by atoms with Gasteiger partial charge < -0.3 is 9.84 Å². The molecule has 0 saturated carbocycles. The highest BCUT2D eigenvalue weighted by Crippen LogP contribution is 2.23. The highest BCUT2D eigenvalue weighted by molar-refractivity contribution is 7.99. The predicted octanol–water partition coefficient (Wildman–Crippen LogP) is 2.38. The van der Waals surface area contributed by atoms with E-state index in [0.29, 0.717) is 11.7 Å². The Morgan fingerprint density at radius 2 is 2.06 bits per heavy atom. The lowest BCUT2D eigenvalue weighted by molar-refractivity contribution is -0.144. The third kappa shape index (κ3) is 7.24. The fraction of sp³-hybridized carbons (Fsp3) is 0.923. The van der Waals surface area contributed by atoms with Gasteiger partial charge in [0.2, 0.25) is 0 Å². The summed E-state index contributed by atoms with van der Waals surface area (Å²) in [5.41, 5.74) is -0.845. The number of hydrogen-bond acceptors (Lipinski definition) is 4. The molecule has 18 heavy (non-hydrogen) atoms. The van der Waals surface area contributed by atoms with E-state index in [1.54, 1.807) is 25.8 Å². The van der Waals surface area contributed by atoms with E-state index in [-0.39, 0.29) is 6.04 Å². The van der Waals surface area contributed by atoms with E-state index in [9.17, 15) is 9.90 Å². The van der Waals surface area contributed by atoms with Crippen LogP contribution in [0.4, 0.5) is 0 Å². The lowest BCUT2D eigenvalue weighted by Crippen LogP contribution is -2.53. The molecule has 0 spiro atoms.